The van der Waals surface area contributed by atoms with Gasteiger partial charge < -0.3 is 9.88 Å². The maximum absolute atomic E-state index is 4.63. The van der Waals surface area contributed by atoms with E-state index in [0.717, 1.165) is 29.8 Å². The number of nitrogens with one attached hydrogen (secondary N) is 1. The van der Waals surface area contributed by atoms with Crippen LogP contribution >= 0.6 is 0 Å². The summed E-state index contributed by atoms with van der Waals surface area (Å²) in [4.78, 5) is 8.75. The van der Waals surface area contributed by atoms with Crippen molar-refractivity contribution < 1.29 is 0 Å². The average molecular weight is 218 g/mol. The number of pyridine rings is 1. The van der Waals surface area contributed by atoms with E-state index in [1.807, 2.05) is 19.3 Å². The minimum absolute atomic E-state index is 0.275. The molecule has 0 spiro atoms. The highest BCUT2D eigenvalue weighted by Crippen LogP contribution is 2.17. The summed E-state index contributed by atoms with van der Waals surface area (Å²) in [6.07, 6.45) is 4.78. The summed E-state index contributed by atoms with van der Waals surface area (Å²) in [5.41, 5.74) is 2.10. The number of imidazole rings is 1. The minimum atomic E-state index is 0.275. The van der Waals surface area contributed by atoms with Crippen LogP contribution in [0.25, 0.3) is 11.0 Å². The van der Waals surface area contributed by atoms with E-state index in [4.69, 9.17) is 0 Å². The van der Waals surface area contributed by atoms with E-state index in [1.165, 1.54) is 0 Å². The van der Waals surface area contributed by atoms with Crippen LogP contribution in [0.2, 0.25) is 0 Å². The van der Waals surface area contributed by atoms with E-state index in [2.05, 4.69) is 33.7 Å². The zero-order chi connectivity index (χ0) is 11.5. The topological polar surface area (TPSA) is 42.7 Å². The van der Waals surface area contributed by atoms with Gasteiger partial charge in [0.05, 0.1) is 23.3 Å². The van der Waals surface area contributed by atoms with Gasteiger partial charge in [0.2, 0.25) is 0 Å². The van der Waals surface area contributed by atoms with E-state index in [1.54, 1.807) is 6.20 Å². The fraction of sp³-hybridized carbons (Fsp3) is 0.500. The molecule has 2 rings (SSSR count). The molecule has 0 saturated heterocycles. The van der Waals surface area contributed by atoms with Gasteiger partial charge in [-0.1, -0.05) is 6.92 Å². The number of nitrogens with zero attached hydrogens (tertiary/aromatic N) is 3. The molecule has 0 bridgehead atoms. The van der Waals surface area contributed by atoms with Crippen molar-refractivity contribution in [2.75, 3.05) is 6.54 Å². The van der Waals surface area contributed by atoms with Crippen molar-refractivity contribution >= 4 is 11.0 Å². The second-order valence-electron chi connectivity index (χ2n) is 4.07. The predicted octanol–water partition coefficient (Wildman–Crippen LogP) is 2.03. The Bertz CT molecular complexity index is 475. The van der Waals surface area contributed by atoms with E-state index >= 15 is 0 Å². The van der Waals surface area contributed by atoms with Crippen molar-refractivity contribution in [3.63, 3.8) is 0 Å². The molecule has 0 aliphatic heterocycles. The Hall–Kier alpha value is -1.42. The Morgan fingerprint density at radius 1 is 1.50 bits per heavy atom. The van der Waals surface area contributed by atoms with Gasteiger partial charge in [0, 0.05) is 13.2 Å². The van der Waals surface area contributed by atoms with Gasteiger partial charge in [0.15, 0.2) is 0 Å². The third-order valence-corrected chi connectivity index (χ3v) is 2.81. The highest BCUT2D eigenvalue weighted by molar-refractivity contribution is 5.74. The number of rotatable bonds is 4. The number of aromatic nitrogens is 3. The SMILES string of the molecule is CCCNC(C)c1nc2ccncc2n1C. The molecular formula is C12H18N4. The molecule has 4 heteroatoms. The lowest BCUT2D eigenvalue weighted by Crippen LogP contribution is -2.22. The van der Waals surface area contributed by atoms with Crippen LogP contribution in [-0.2, 0) is 7.05 Å². The maximum atomic E-state index is 4.63. The molecule has 4 nitrogen and oxygen atoms in total. The monoisotopic (exact) mass is 218 g/mol. The first kappa shape index (κ1) is 11.1. The van der Waals surface area contributed by atoms with Crippen LogP contribution < -0.4 is 5.32 Å². The number of hydrogen-bond donors (Lipinski definition) is 1. The first-order valence-corrected chi connectivity index (χ1v) is 5.73. The first-order chi connectivity index (χ1) is 7.74. The van der Waals surface area contributed by atoms with Gasteiger partial charge in [-0.25, -0.2) is 4.98 Å². The largest absolute Gasteiger partial charge is 0.329 e. The Morgan fingerprint density at radius 3 is 3.00 bits per heavy atom. The van der Waals surface area contributed by atoms with Crippen LogP contribution in [0.4, 0.5) is 0 Å². The van der Waals surface area contributed by atoms with Crippen molar-refractivity contribution in [2.45, 2.75) is 26.3 Å². The third kappa shape index (κ3) is 1.93. The molecule has 2 aromatic heterocycles. The fourth-order valence-corrected chi connectivity index (χ4v) is 1.89. The first-order valence-electron chi connectivity index (χ1n) is 5.73. The molecule has 1 unspecified atom stereocenters. The zero-order valence-corrected chi connectivity index (χ0v) is 10.1. The van der Waals surface area contributed by atoms with Gasteiger partial charge in [-0.05, 0) is 26.0 Å². The molecule has 16 heavy (non-hydrogen) atoms. The minimum Gasteiger partial charge on any atom is -0.329 e. The smallest absolute Gasteiger partial charge is 0.126 e. The van der Waals surface area contributed by atoms with Crippen LogP contribution in [0.3, 0.4) is 0 Å². The van der Waals surface area contributed by atoms with Crippen molar-refractivity contribution in [3.05, 3.63) is 24.3 Å². The predicted molar refractivity (Wildman–Crippen MR) is 65.2 cm³/mol. The number of fused-ring (bicyclic) bond motifs is 1. The molecular weight excluding hydrogens is 200 g/mol. The van der Waals surface area contributed by atoms with Crippen LogP contribution in [0, 0.1) is 0 Å². The standard InChI is InChI=1S/C12H18N4/c1-4-6-14-9(2)12-15-10-5-7-13-8-11(10)16(12)3/h5,7-9,14H,4,6H2,1-3H3. The van der Waals surface area contributed by atoms with E-state index in [9.17, 15) is 0 Å². The summed E-state index contributed by atoms with van der Waals surface area (Å²) >= 11 is 0. The van der Waals surface area contributed by atoms with Gasteiger partial charge in [0.25, 0.3) is 0 Å². The second-order valence-corrected chi connectivity index (χ2v) is 4.07. The molecule has 1 N–H and O–H groups in total. The fourth-order valence-electron chi connectivity index (χ4n) is 1.89. The van der Waals surface area contributed by atoms with Gasteiger partial charge >= 0.3 is 0 Å². The highest BCUT2D eigenvalue weighted by atomic mass is 15.1. The zero-order valence-electron chi connectivity index (χ0n) is 10.1. The van der Waals surface area contributed by atoms with Crippen molar-refractivity contribution in [1.82, 2.24) is 19.9 Å². The number of hydrogen-bond acceptors (Lipinski definition) is 3. The molecule has 1 atom stereocenters. The summed E-state index contributed by atoms with van der Waals surface area (Å²) in [6.45, 7) is 5.32. The van der Waals surface area contributed by atoms with Gasteiger partial charge in [0.1, 0.15) is 5.82 Å². The van der Waals surface area contributed by atoms with Crippen LogP contribution in [-0.4, -0.2) is 21.1 Å². The second kappa shape index (κ2) is 4.61. The Balaban J connectivity index is 2.33. The molecule has 0 aliphatic carbocycles. The normalized spacial score (nSPS) is 13.2. The Labute approximate surface area is 95.7 Å². The number of aryl methyl sites for hydroxylation is 1. The maximum Gasteiger partial charge on any atom is 0.126 e. The molecule has 0 aromatic carbocycles. The molecule has 0 fully saturated rings. The summed E-state index contributed by atoms with van der Waals surface area (Å²) < 4.78 is 2.11. The van der Waals surface area contributed by atoms with Crippen LogP contribution in [0.15, 0.2) is 18.5 Å². The van der Waals surface area contributed by atoms with E-state index in [-0.39, 0.29) is 6.04 Å². The van der Waals surface area contributed by atoms with Gasteiger partial charge in [-0.15, -0.1) is 0 Å². The molecule has 0 radical (unpaired) electrons. The Morgan fingerprint density at radius 2 is 2.31 bits per heavy atom. The molecule has 2 heterocycles. The van der Waals surface area contributed by atoms with Crippen molar-refractivity contribution in [1.29, 1.82) is 0 Å². The quantitative estimate of drug-likeness (QED) is 0.853. The Kier molecular flexibility index (Phi) is 3.19. The lowest BCUT2D eigenvalue weighted by molar-refractivity contribution is 0.532. The third-order valence-electron chi connectivity index (χ3n) is 2.81. The van der Waals surface area contributed by atoms with Crippen molar-refractivity contribution in [3.8, 4) is 0 Å². The van der Waals surface area contributed by atoms with Crippen LogP contribution in [0.5, 0.6) is 0 Å². The molecule has 86 valence electrons. The molecule has 0 saturated carbocycles. The van der Waals surface area contributed by atoms with Gasteiger partial charge in [-0.3, -0.25) is 4.98 Å². The molecule has 2 aromatic rings. The van der Waals surface area contributed by atoms with E-state index < -0.39 is 0 Å². The van der Waals surface area contributed by atoms with Gasteiger partial charge in [-0.2, -0.15) is 0 Å². The summed E-state index contributed by atoms with van der Waals surface area (Å²) in [6, 6.07) is 2.23. The lowest BCUT2D eigenvalue weighted by Gasteiger charge is -2.12. The summed E-state index contributed by atoms with van der Waals surface area (Å²) in [5, 5.41) is 3.45. The molecule has 0 amide bonds. The summed E-state index contributed by atoms with van der Waals surface area (Å²) in [7, 11) is 2.04. The summed E-state index contributed by atoms with van der Waals surface area (Å²) in [5.74, 6) is 1.07. The van der Waals surface area contributed by atoms with E-state index in [0.29, 0.717) is 0 Å². The lowest BCUT2D eigenvalue weighted by atomic mass is 10.3. The highest BCUT2D eigenvalue weighted by Gasteiger charge is 2.13. The van der Waals surface area contributed by atoms with Crippen molar-refractivity contribution in [2.24, 2.45) is 7.05 Å². The van der Waals surface area contributed by atoms with Crippen LogP contribution in [0.1, 0.15) is 32.1 Å². The average Bonchev–Trinajstić information content (AvgIpc) is 2.64. The molecule has 0 aliphatic rings.